The maximum Gasteiger partial charge on any atom is 0.307 e. The second kappa shape index (κ2) is 14.6. The fourth-order valence-electron chi connectivity index (χ4n) is 2.05. The topological polar surface area (TPSA) is 81.2 Å². The van der Waals surface area contributed by atoms with Crippen molar-refractivity contribution in [1.82, 2.24) is 10.6 Å². The molecule has 0 bridgehead atoms. The van der Waals surface area contributed by atoms with Crippen LogP contribution in [0.2, 0.25) is 0 Å². The third-order valence-corrected chi connectivity index (χ3v) is 3.37. The zero-order valence-corrected chi connectivity index (χ0v) is 18.3. The van der Waals surface area contributed by atoms with Gasteiger partial charge < -0.3 is 24.8 Å². The predicted octanol–water partition coefficient (Wildman–Crippen LogP) is 2.26. The lowest BCUT2D eigenvalue weighted by Gasteiger charge is -2.13. The molecule has 148 valence electrons. The van der Waals surface area contributed by atoms with Gasteiger partial charge in [-0.05, 0) is 25.5 Å². The molecule has 7 nitrogen and oxygen atoms in total. The van der Waals surface area contributed by atoms with E-state index in [0.717, 1.165) is 23.4 Å². The molecule has 0 aliphatic carbocycles. The average Bonchev–Trinajstić information content (AvgIpc) is 2.60. The fourth-order valence-corrected chi connectivity index (χ4v) is 2.05. The van der Waals surface area contributed by atoms with Crippen LogP contribution in [-0.2, 0) is 20.8 Å². The van der Waals surface area contributed by atoms with Crippen molar-refractivity contribution in [3.8, 4) is 5.75 Å². The molecule has 0 aliphatic heterocycles. The Hall–Kier alpha value is -1.55. The Bertz CT molecular complexity index is 567. The maximum atomic E-state index is 11.2. The van der Waals surface area contributed by atoms with Crippen molar-refractivity contribution in [2.45, 2.75) is 26.8 Å². The number of nitrogens with one attached hydrogen (secondary N) is 2. The number of ether oxygens (including phenoxy) is 3. The first-order valence-corrected chi connectivity index (χ1v) is 8.41. The molecule has 0 unspecified atom stereocenters. The Morgan fingerprint density at radius 2 is 1.96 bits per heavy atom. The first-order valence-electron chi connectivity index (χ1n) is 8.41. The van der Waals surface area contributed by atoms with Crippen molar-refractivity contribution in [2.75, 3.05) is 40.5 Å². The maximum absolute atomic E-state index is 11.2. The van der Waals surface area contributed by atoms with Crippen LogP contribution < -0.4 is 15.4 Å². The minimum Gasteiger partial charge on any atom is -0.491 e. The van der Waals surface area contributed by atoms with E-state index in [0.29, 0.717) is 32.3 Å². The largest absolute Gasteiger partial charge is 0.491 e. The van der Waals surface area contributed by atoms with Gasteiger partial charge in [0, 0.05) is 25.8 Å². The van der Waals surface area contributed by atoms with Crippen LogP contribution in [0.5, 0.6) is 5.75 Å². The molecule has 0 saturated heterocycles. The average molecular weight is 479 g/mol. The third kappa shape index (κ3) is 9.81. The highest BCUT2D eigenvalue weighted by molar-refractivity contribution is 14.0. The van der Waals surface area contributed by atoms with Crippen LogP contribution in [0.15, 0.2) is 23.2 Å². The zero-order valence-electron chi connectivity index (χ0n) is 16.0. The summed E-state index contributed by atoms with van der Waals surface area (Å²) >= 11 is 0. The Kier molecular flexibility index (Phi) is 13.7. The van der Waals surface area contributed by atoms with Crippen molar-refractivity contribution >= 4 is 35.9 Å². The number of carbonyl (C=O) groups excluding carboxylic acids is 1. The third-order valence-electron chi connectivity index (χ3n) is 3.37. The van der Waals surface area contributed by atoms with E-state index in [1.165, 1.54) is 7.11 Å². The number of methoxy groups -OCH3 is 2. The first-order chi connectivity index (χ1) is 12.1. The van der Waals surface area contributed by atoms with Crippen molar-refractivity contribution in [3.63, 3.8) is 0 Å². The summed E-state index contributed by atoms with van der Waals surface area (Å²) in [5.41, 5.74) is 2.12. The molecule has 0 amide bonds. The van der Waals surface area contributed by atoms with Crippen molar-refractivity contribution in [3.05, 3.63) is 29.3 Å². The van der Waals surface area contributed by atoms with Gasteiger partial charge in [0.25, 0.3) is 0 Å². The molecule has 26 heavy (non-hydrogen) atoms. The molecule has 1 aromatic rings. The highest BCUT2D eigenvalue weighted by Crippen LogP contribution is 2.21. The van der Waals surface area contributed by atoms with Gasteiger partial charge in [-0.1, -0.05) is 12.1 Å². The van der Waals surface area contributed by atoms with Gasteiger partial charge in [-0.2, -0.15) is 0 Å². The molecule has 1 aromatic carbocycles. The lowest BCUT2D eigenvalue weighted by Crippen LogP contribution is -2.38. The molecule has 0 aliphatic rings. The van der Waals surface area contributed by atoms with Crippen LogP contribution >= 0.6 is 24.0 Å². The standard InChI is InChI=1S/C18H29N3O4.HI/c1-5-19-18(20-9-8-17(22)24-4)21-13-15-7-6-14(2)12-16(15)25-11-10-23-3;/h6-7,12H,5,8-11,13H2,1-4H3,(H2,19,20,21);1H. The normalized spacial score (nSPS) is 10.7. The smallest absolute Gasteiger partial charge is 0.307 e. The van der Waals surface area contributed by atoms with Crippen LogP contribution in [0.3, 0.4) is 0 Å². The summed E-state index contributed by atoms with van der Waals surface area (Å²) < 4.78 is 15.4. The van der Waals surface area contributed by atoms with Crippen LogP contribution in [-0.4, -0.2) is 52.5 Å². The number of aryl methyl sites for hydroxylation is 1. The number of halogens is 1. The van der Waals surface area contributed by atoms with Gasteiger partial charge in [0.15, 0.2) is 5.96 Å². The number of guanidine groups is 1. The minimum atomic E-state index is -0.254. The quantitative estimate of drug-likeness (QED) is 0.176. The monoisotopic (exact) mass is 479 g/mol. The summed E-state index contributed by atoms with van der Waals surface area (Å²) in [6.45, 7) is 6.70. The molecule has 1 rings (SSSR count). The second-order valence-corrected chi connectivity index (χ2v) is 5.40. The molecular weight excluding hydrogens is 449 g/mol. The molecule has 2 N–H and O–H groups in total. The van der Waals surface area contributed by atoms with E-state index in [-0.39, 0.29) is 36.4 Å². The molecule has 0 radical (unpaired) electrons. The SMILES string of the molecule is CCNC(=NCc1ccc(C)cc1OCCOC)NCCC(=O)OC.I. The molecule has 0 heterocycles. The highest BCUT2D eigenvalue weighted by Gasteiger charge is 2.06. The molecule has 0 fully saturated rings. The van der Waals surface area contributed by atoms with E-state index in [1.807, 2.05) is 32.0 Å². The van der Waals surface area contributed by atoms with Gasteiger partial charge in [0.1, 0.15) is 12.4 Å². The minimum absolute atomic E-state index is 0. The van der Waals surface area contributed by atoms with Crippen LogP contribution in [0.25, 0.3) is 0 Å². The van der Waals surface area contributed by atoms with Gasteiger partial charge in [0.2, 0.25) is 0 Å². The summed E-state index contributed by atoms with van der Waals surface area (Å²) in [6.07, 6.45) is 0.289. The molecule has 0 spiro atoms. The number of benzene rings is 1. The van der Waals surface area contributed by atoms with Gasteiger partial charge in [-0.3, -0.25) is 4.79 Å². The highest BCUT2D eigenvalue weighted by atomic mass is 127. The Labute approximate surface area is 172 Å². The van der Waals surface area contributed by atoms with E-state index in [1.54, 1.807) is 7.11 Å². The predicted molar refractivity (Wildman–Crippen MR) is 113 cm³/mol. The van der Waals surface area contributed by atoms with E-state index < -0.39 is 0 Å². The van der Waals surface area contributed by atoms with Crippen molar-refractivity contribution in [2.24, 2.45) is 4.99 Å². The van der Waals surface area contributed by atoms with E-state index in [2.05, 4.69) is 20.4 Å². The lowest BCUT2D eigenvalue weighted by molar-refractivity contribution is -0.140. The number of carbonyl (C=O) groups is 1. The number of hydrogen-bond donors (Lipinski definition) is 2. The molecular formula is C18H30IN3O4. The summed E-state index contributed by atoms with van der Waals surface area (Å²) in [4.78, 5) is 15.7. The van der Waals surface area contributed by atoms with Crippen LogP contribution in [0, 0.1) is 6.92 Å². The molecule has 0 aromatic heterocycles. The van der Waals surface area contributed by atoms with Crippen molar-refractivity contribution < 1.29 is 19.0 Å². The number of aliphatic imine (C=N–C) groups is 1. The van der Waals surface area contributed by atoms with Gasteiger partial charge in [-0.15, -0.1) is 24.0 Å². The molecule has 0 atom stereocenters. The fraction of sp³-hybridized carbons (Fsp3) is 0.556. The summed E-state index contributed by atoms with van der Waals surface area (Å²) in [5.74, 6) is 1.21. The lowest BCUT2D eigenvalue weighted by atomic mass is 10.1. The zero-order chi connectivity index (χ0) is 18.5. The summed E-state index contributed by atoms with van der Waals surface area (Å²) in [5, 5.41) is 6.27. The number of hydrogen-bond acceptors (Lipinski definition) is 5. The number of rotatable bonds is 10. The van der Waals surface area contributed by atoms with Crippen LogP contribution in [0.1, 0.15) is 24.5 Å². The van der Waals surface area contributed by atoms with Gasteiger partial charge in [0.05, 0.1) is 26.7 Å². The van der Waals surface area contributed by atoms with E-state index in [4.69, 9.17) is 9.47 Å². The second-order valence-electron chi connectivity index (χ2n) is 5.40. The Balaban J connectivity index is 0.00000625. The van der Waals surface area contributed by atoms with Crippen LogP contribution in [0.4, 0.5) is 0 Å². The van der Waals surface area contributed by atoms with E-state index >= 15 is 0 Å². The van der Waals surface area contributed by atoms with E-state index in [9.17, 15) is 4.79 Å². The van der Waals surface area contributed by atoms with Gasteiger partial charge >= 0.3 is 5.97 Å². The number of esters is 1. The summed E-state index contributed by atoms with van der Waals surface area (Å²) in [6, 6.07) is 6.04. The molecule has 8 heteroatoms. The Morgan fingerprint density at radius 1 is 1.19 bits per heavy atom. The first kappa shape index (κ1) is 24.5. The number of nitrogens with zero attached hydrogens (tertiary/aromatic N) is 1. The molecule has 0 saturated carbocycles. The van der Waals surface area contributed by atoms with Gasteiger partial charge in [-0.25, -0.2) is 4.99 Å². The van der Waals surface area contributed by atoms with Crippen molar-refractivity contribution in [1.29, 1.82) is 0 Å². The summed E-state index contributed by atoms with van der Waals surface area (Å²) in [7, 11) is 3.03. The Morgan fingerprint density at radius 3 is 2.62 bits per heavy atom.